The third-order valence-electron chi connectivity index (χ3n) is 2.63. The van der Waals surface area contributed by atoms with Crippen LogP contribution in [0.4, 0.5) is 0 Å². The molecule has 0 bridgehead atoms. The van der Waals surface area contributed by atoms with Gasteiger partial charge in [0.05, 0.1) is 25.1 Å². The normalized spacial score (nSPS) is 11.1. The fourth-order valence-corrected chi connectivity index (χ4v) is 2.28. The van der Waals surface area contributed by atoms with Crippen LogP contribution < -0.4 is 4.74 Å². The fraction of sp³-hybridized carbons (Fsp3) is 0.182. The Labute approximate surface area is 117 Å². The summed E-state index contributed by atoms with van der Waals surface area (Å²) in [4.78, 5) is 4.30. The predicted octanol–water partition coefficient (Wildman–Crippen LogP) is 1.74. The molecule has 0 fully saturated rings. The van der Waals surface area contributed by atoms with Crippen LogP contribution in [0, 0.1) is 3.70 Å². The lowest BCUT2D eigenvalue weighted by Gasteiger charge is -2.06. The van der Waals surface area contributed by atoms with Gasteiger partial charge in [-0.05, 0) is 28.7 Å². The van der Waals surface area contributed by atoms with Crippen LogP contribution in [-0.2, 0) is 7.05 Å². The van der Waals surface area contributed by atoms with Gasteiger partial charge in [-0.2, -0.15) is 5.10 Å². The zero-order chi connectivity index (χ0) is 12.7. The molecule has 0 saturated heterocycles. The molecule has 6 nitrogen and oxygen atoms in total. The van der Waals surface area contributed by atoms with Gasteiger partial charge in [-0.3, -0.25) is 4.68 Å². The second-order valence-corrected chi connectivity index (χ2v) is 4.93. The van der Waals surface area contributed by atoms with Gasteiger partial charge in [0.2, 0.25) is 5.88 Å². The zero-order valence-corrected chi connectivity index (χ0v) is 12.0. The van der Waals surface area contributed by atoms with Crippen LogP contribution in [0.15, 0.2) is 24.7 Å². The minimum atomic E-state index is 0.561. The molecule has 18 heavy (non-hydrogen) atoms. The monoisotopic (exact) mass is 355 g/mol. The van der Waals surface area contributed by atoms with Crippen LogP contribution in [0.25, 0.3) is 16.8 Å². The van der Waals surface area contributed by atoms with E-state index in [2.05, 4.69) is 37.8 Å². The molecule has 0 aliphatic carbocycles. The minimum absolute atomic E-state index is 0.561. The summed E-state index contributed by atoms with van der Waals surface area (Å²) in [6.45, 7) is 0. The topological polar surface area (TPSA) is 57.2 Å². The smallest absolute Gasteiger partial charge is 0.239 e. The average molecular weight is 355 g/mol. The summed E-state index contributed by atoms with van der Waals surface area (Å²) in [5, 5.41) is 8.58. The predicted molar refractivity (Wildman–Crippen MR) is 74.5 cm³/mol. The van der Waals surface area contributed by atoms with Gasteiger partial charge in [0, 0.05) is 18.8 Å². The molecule has 0 aliphatic rings. The van der Waals surface area contributed by atoms with E-state index in [0.717, 1.165) is 20.5 Å². The van der Waals surface area contributed by atoms with E-state index in [0.29, 0.717) is 5.88 Å². The first-order valence-electron chi connectivity index (χ1n) is 5.26. The van der Waals surface area contributed by atoms with E-state index in [1.165, 1.54) is 0 Å². The van der Waals surface area contributed by atoms with Crippen molar-refractivity contribution in [1.82, 2.24) is 24.4 Å². The maximum atomic E-state index is 5.34. The highest BCUT2D eigenvalue weighted by Gasteiger charge is 2.13. The van der Waals surface area contributed by atoms with Gasteiger partial charge in [0.25, 0.3) is 0 Å². The largest absolute Gasteiger partial charge is 0.480 e. The van der Waals surface area contributed by atoms with Crippen molar-refractivity contribution in [3.05, 3.63) is 28.4 Å². The second kappa shape index (κ2) is 4.23. The van der Waals surface area contributed by atoms with Crippen LogP contribution >= 0.6 is 22.6 Å². The molecule has 3 aromatic rings. The first-order chi connectivity index (χ1) is 8.69. The van der Waals surface area contributed by atoms with Crippen molar-refractivity contribution in [2.75, 3.05) is 7.11 Å². The number of fused-ring (bicyclic) bond motifs is 1. The quantitative estimate of drug-likeness (QED) is 0.658. The Bertz CT molecular complexity index is 717. The van der Waals surface area contributed by atoms with Crippen LogP contribution in [-0.4, -0.2) is 31.5 Å². The molecule has 0 amide bonds. The molecule has 0 spiro atoms. The van der Waals surface area contributed by atoms with Crippen molar-refractivity contribution in [3.8, 4) is 17.0 Å². The van der Waals surface area contributed by atoms with E-state index in [-0.39, 0.29) is 0 Å². The van der Waals surface area contributed by atoms with Crippen LogP contribution in [0.2, 0.25) is 0 Å². The highest BCUT2D eigenvalue weighted by Crippen LogP contribution is 2.28. The summed E-state index contributed by atoms with van der Waals surface area (Å²) in [6, 6.07) is 1.95. The molecule has 3 rings (SSSR count). The van der Waals surface area contributed by atoms with Gasteiger partial charge >= 0.3 is 0 Å². The maximum absolute atomic E-state index is 5.34. The Morgan fingerprint density at radius 1 is 1.33 bits per heavy atom. The molecular weight excluding hydrogens is 345 g/mol. The van der Waals surface area contributed by atoms with Gasteiger partial charge in [-0.15, -0.1) is 5.10 Å². The molecule has 0 aromatic carbocycles. The summed E-state index contributed by atoms with van der Waals surface area (Å²) in [6.07, 6.45) is 5.48. The van der Waals surface area contributed by atoms with Crippen molar-refractivity contribution in [3.63, 3.8) is 0 Å². The summed E-state index contributed by atoms with van der Waals surface area (Å²) in [5.41, 5.74) is 2.64. The first kappa shape index (κ1) is 11.5. The SMILES string of the molecule is COc1nn2c(I)cnc2cc1-c1cnn(C)c1. The van der Waals surface area contributed by atoms with E-state index in [1.54, 1.807) is 28.7 Å². The lowest BCUT2D eigenvalue weighted by atomic mass is 10.2. The second-order valence-electron chi connectivity index (χ2n) is 3.82. The number of hydrogen-bond donors (Lipinski definition) is 0. The Balaban J connectivity index is 2.27. The van der Waals surface area contributed by atoms with Gasteiger partial charge < -0.3 is 4.74 Å². The Morgan fingerprint density at radius 3 is 2.83 bits per heavy atom. The Kier molecular flexibility index (Phi) is 2.69. The number of rotatable bonds is 2. The van der Waals surface area contributed by atoms with Gasteiger partial charge in [-0.1, -0.05) is 0 Å². The molecule has 0 radical (unpaired) electrons. The van der Waals surface area contributed by atoms with Crippen molar-refractivity contribution < 1.29 is 4.74 Å². The van der Waals surface area contributed by atoms with Crippen molar-refractivity contribution in [2.45, 2.75) is 0 Å². The molecule has 7 heteroatoms. The highest BCUT2D eigenvalue weighted by molar-refractivity contribution is 14.1. The number of hydrogen-bond acceptors (Lipinski definition) is 4. The third kappa shape index (κ3) is 1.74. The number of ether oxygens (including phenoxy) is 1. The number of halogens is 1. The van der Waals surface area contributed by atoms with E-state index in [9.17, 15) is 0 Å². The summed E-state index contributed by atoms with van der Waals surface area (Å²) >= 11 is 2.18. The molecular formula is C11H10IN5O. The van der Waals surface area contributed by atoms with Crippen molar-refractivity contribution in [2.24, 2.45) is 7.05 Å². The Hall–Kier alpha value is -1.64. The molecule has 0 aliphatic heterocycles. The zero-order valence-electron chi connectivity index (χ0n) is 9.83. The molecule has 3 aromatic heterocycles. The lowest BCUT2D eigenvalue weighted by molar-refractivity contribution is 0.391. The molecule has 92 valence electrons. The summed E-state index contributed by atoms with van der Waals surface area (Å²) in [5.74, 6) is 0.561. The molecule has 0 unspecified atom stereocenters. The summed E-state index contributed by atoms with van der Waals surface area (Å²) in [7, 11) is 3.48. The highest BCUT2D eigenvalue weighted by atomic mass is 127. The minimum Gasteiger partial charge on any atom is -0.480 e. The van der Waals surface area contributed by atoms with E-state index in [4.69, 9.17) is 4.74 Å². The average Bonchev–Trinajstić information content (AvgIpc) is 2.95. The van der Waals surface area contributed by atoms with Crippen LogP contribution in [0.3, 0.4) is 0 Å². The molecule has 0 N–H and O–H groups in total. The molecule has 3 heterocycles. The Morgan fingerprint density at radius 2 is 2.17 bits per heavy atom. The third-order valence-corrected chi connectivity index (χ3v) is 3.36. The van der Waals surface area contributed by atoms with Gasteiger partial charge in [0.15, 0.2) is 5.65 Å². The van der Waals surface area contributed by atoms with Gasteiger partial charge in [-0.25, -0.2) is 9.50 Å². The molecule has 0 saturated carbocycles. The number of methoxy groups -OCH3 is 1. The van der Waals surface area contributed by atoms with Crippen molar-refractivity contribution in [1.29, 1.82) is 0 Å². The maximum Gasteiger partial charge on any atom is 0.239 e. The summed E-state index contributed by atoms with van der Waals surface area (Å²) < 4.78 is 9.78. The first-order valence-corrected chi connectivity index (χ1v) is 6.34. The standard InChI is InChI=1S/C11H10IN5O/c1-16-6-7(4-14-16)8-3-10-13-5-9(12)17(10)15-11(8)18-2/h3-6H,1-2H3. The van der Waals surface area contributed by atoms with Gasteiger partial charge in [0.1, 0.15) is 3.70 Å². The number of aromatic nitrogens is 5. The number of imidazole rings is 1. The van der Waals surface area contributed by atoms with E-state index >= 15 is 0 Å². The number of aryl methyl sites for hydroxylation is 1. The number of nitrogens with zero attached hydrogens (tertiary/aromatic N) is 5. The molecule has 0 atom stereocenters. The van der Waals surface area contributed by atoms with E-state index < -0.39 is 0 Å². The lowest BCUT2D eigenvalue weighted by Crippen LogP contribution is -1.99. The van der Waals surface area contributed by atoms with Crippen molar-refractivity contribution >= 4 is 28.2 Å². The van der Waals surface area contributed by atoms with E-state index in [1.807, 2.05) is 19.3 Å². The fourth-order valence-electron chi connectivity index (χ4n) is 1.79. The van der Waals surface area contributed by atoms with Crippen LogP contribution in [0.1, 0.15) is 0 Å². The van der Waals surface area contributed by atoms with Crippen LogP contribution in [0.5, 0.6) is 5.88 Å².